The number of aliphatic hydroxyl groups excluding tert-OH is 1. The van der Waals surface area contributed by atoms with Gasteiger partial charge in [-0.3, -0.25) is 0 Å². The van der Waals surface area contributed by atoms with E-state index in [1.165, 1.54) is 0 Å². The number of benzene rings is 3. The van der Waals surface area contributed by atoms with E-state index in [9.17, 15) is 5.11 Å². The summed E-state index contributed by atoms with van der Waals surface area (Å²) in [5, 5.41) is 11.9. The maximum absolute atomic E-state index is 11.9. The minimum Gasteiger partial charge on any atom is -0.402 e. The van der Waals surface area contributed by atoms with Crippen LogP contribution in [0.4, 0.5) is 0 Å². The molecule has 0 aromatic heterocycles. The Bertz CT molecular complexity index is 852. The van der Waals surface area contributed by atoms with Crippen molar-refractivity contribution in [3.05, 3.63) is 108 Å². The molecule has 3 aromatic rings. The minimum absolute atomic E-state index is 0.316. The van der Waals surface area contributed by atoms with Crippen LogP contribution in [0.25, 0.3) is 0 Å². The Morgan fingerprint density at radius 1 is 0.767 bits per heavy atom. The zero-order valence-corrected chi connectivity index (χ0v) is 20.3. The van der Waals surface area contributed by atoms with Crippen LogP contribution in [-0.4, -0.2) is 28.0 Å². The van der Waals surface area contributed by atoms with Gasteiger partial charge in [0, 0.05) is 0 Å². The van der Waals surface area contributed by atoms with Crippen LogP contribution >= 0.6 is 0 Å². The number of aliphatic hydroxyl groups is 1. The molecule has 0 aliphatic carbocycles. The summed E-state index contributed by atoms with van der Waals surface area (Å²) >= 11 is 0. The molecule has 0 fully saturated rings. The van der Waals surface area contributed by atoms with Crippen LogP contribution in [0.15, 0.2) is 91.0 Å². The molecular formula is C26H32O3Si. The first-order valence-corrected chi connectivity index (χ1v) is 11.2. The average molecular weight is 421 g/mol. The van der Waals surface area contributed by atoms with Gasteiger partial charge in [-0.25, -0.2) is 0 Å². The van der Waals surface area contributed by atoms with Gasteiger partial charge in [-0.05, 0) is 22.1 Å². The average Bonchev–Trinajstić information content (AvgIpc) is 2.76. The Hall–Kier alpha value is -2.24. The predicted molar refractivity (Wildman–Crippen MR) is 125 cm³/mol. The minimum atomic E-state index is -0.900. The topological polar surface area (TPSA) is 38.7 Å². The summed E-state index contributed by atoms with van der Waals surface area (Å²) in [6.45, 7) is 6.88. The van der Waals surface area contributed by atoms with E-state index in [4.69, 9.17) is 9.16 Å². The van der Waals surface area contributed by atoms with Gasteiger partial charge in [0.05, 0.1) is 12.0 Å². The van der Waals surface area contributed by atoms with Crippen molar-refractivity contribution in [2.24, 2.45) is 5.41 Å². The van der Waals surface area contributed by atoms with E-state index < -0.39 is 17.8 Å². The van der Waals surface area contributed by atoms with Crippen molar-refractivity contribution in [3.63, 3.8) is 0 Å². The smallest absolute Gasteiger partial charge is 0.175 e. The Morgan fingerprint density at radius 3 is 1.60 bits per heavy atom. The molecule has 0 saturated carbocycles. The van der Waals surface area contributed by atoms with Gasteiger partial charge in [-0.2, -0.15) is 0 Å². The molecule has 0 spiro atoms. The third-order valence-electron chi connectivity index (χ3n) is 5.83. The Kier molecular flexibility index (Phi) is 7.26. The molecule has 0 saturated heterocycles. The first-order valence-electron chi connectivity index (χ1n) is 10.4. The Labute approximate surface area is 183 Å². The molecule has 3 nitrogen and oxygen atoms in total. The second-order valence-corrected chi connectivity index (χ2v) is 9.11. The van der Waals surface area contributed by atoms with Crippen LogP contribution in [0.1, 0.15) is 37.5 Å². The summed E-state index contributed by atoms with van der Waals surface area (Å²) in [5.74, 6) is 0. The van der Waals surface area contributed by atoms with Crippen LogP contribution in [0, 0.1) is 5.41 Å². The van der Waals surface area contributed by atoms with Crippen molar-refractivity contribution in [3.8, 4) is 0 Å². The van der Waals surface area contributed by atoms with Gasteiger partial charge in [0.25, 0.3) is 0 Å². The molecule has 4 heteroatoms. The van der Waals surface area contributed by atoms with Crippen molar-refractivity contribution in [1.29, 1.82) is 0 Å². The highest BCUT2D eigenvalue weighted by molar-refractivity contribution is 5.98. The maximum atomic E-state index is 11.9. The van der Waals surface area contributed by atoms with Gasteiger partial charge in [-0.15, -0.1) is 0 Å². The van der Waals surface area contributed by atoms with Crippen LogP contribution in [0.5, 0.6) is 0 Å². The molecule has 2 atom stereocenters. The third kappa shape index (κ3) is 4.42. The predicted octanol–water partition coefficient (Wildman–Crippen LogP) is 4.22. The van der Waals surface area contributed by atoms with Gasteiger partial charge in [0.1, 0.15) is 16.6 Å². The quantitative estimate of drug-likeness (QED) is 0.438. The van der Waals surface area contributed by atoms with E-state index in [1.807, 2.05) is 66.7 Å². The summed E-state index contributed by atoms with van der Waals surface area (Å²) in [5.41, 5.74) is 2.10. The Balaban J connectivity index is 2.08. The van der Waals surface area contributed by atoms with Gasteiger partial charge >= 0.3 is 0 Å². The van der Waals surface area contributed by atoms with Crippen molar-refractivity contribution >= 4 is 10.5 Å². The molecule has 0 amide bonds. The highest BCUT2D eigenvalue weighted by Crippen LogP contribution is 2.50. The SMILES string of the molecule is CC(C)(C)C(c1ccccc1)(c1ccccc1)C(O)[C@H](O[SiH3])OCc1ccccc1. The summed E-state index contributed by atoms with van der Waals surface area (Å²) in [4.78, 5) is 0. The first kappa shape index (κ1) is 22.4. The molecular weight excluding hydrogens is 388 g/mol. The second-order valence-electron chi connectivity index (χ2n) is 8.64. The van der Waals surface area contributed by atoms with Crippen molar-refractivity contribution < 1.29 is 14.3 Å². The van der Waals surface area contributed by atoms with Gasteiger partial charge in [-0.1, -0.05) is 112 Å². The molecule has 1 N–H and O–H groups in total. The second kappa shape index (κ2) is 9.71. The van der Waals surface area contributed by atoms with Crippen LogP contribution in [-0.2, 0) is 21.2 Å². The van der Waals surface area contributed by atoms with Gasteiger partial charge < -0.3 is 14.3 Å². The van der Waals surface area contributed by atoms with Crippen LogP contribution in [0.3, 0.4) is 0 Å². The van der Waals surface area contributed by atoms with Crippen molar-refractivity contribution in [1.82, 2.24) is 0 Å². The van der Waals surface area contributed by atoms with E-state index in [0.717, 1.165) is 16.7 Å². The lowest BCUT2D eigenvalue weighted by Gasteiger charge is -2.50. The maximum Gasteiger partial charge on any atom is 0.175 e. The number of hydrogen-bond acceptors (Lipinski definition) is 3. The van der Waals surface area contributed by atoms with E-state index in [1.54, 1.807) is 0 Å². The highest BCUT2D eigenvalue weighted by Gasteiger charge is 2.53. The van der Waals surface area contributed by atoms with Crippen molar-refractivity contribution in [2.45, 2.75) is 45.2 Å². The molecule has 0 radical (unpaired) electrons. The summed E-state index contributed by atoms with van der Waals surface area (Å²) in [6, 6.07) is 30.4. The summed E-state index contributed by atoms with van der Waals surface area (Å²) in [7, 11) is 0.457. The summed E-state index contributed by atoms with van der Waals surface area (Å²) in [6.07, 6.45) is -1.64. The molecule has 3 rings (SSSR count). The van der Waals surface area contributed by atoms with E-state index >= 15 is 0 Å². The molecule has 0 aliphatic rings. The lowest BCUT2D eigenvalue weighted by molar-refractivity contribution is -0.178. The largest absolute Gasteiger partial charge is 0.402 e. The first-order chi connectivity index (χ1) is 14.4. The molecule has 1 unspecified atom stereocenters. The van der Waals surface area contributed by atoms with Crippen LogP contribution < -0.4 is 0 Å². The normalized spacial score (nSPS) is 14.4. The molecule has 3 aromatic carbocycles. The van der Waals surface area contributed by atoms with Crippen LogP contribution in [0.2, 0.25) is 0 Å². The molecule has 158 valence electrons. The monoisotopic (exact) mass is 420 g/mol. The third-order valence-corrected chi connectivity index (χ3v) is 6.30. The summed E-state index contributed by atoms with van der Waals surface area (Å²) < 4.78 is 12.0. The van der Waals surface area contributed by atoms with Gasteiger partial charge in [0.2, 0.25) is 0 Å². The fraction of sp³-hybridized carbons (Fsp3) is 0.308. The standard InChI is InChI=1S/C26H32O3Si/c1-25(2,3)26(21-15-9-5-10-16-21,22-17-11-6-12-18-22)23(27)24(29-30)28-19-20-13-7-4-8-14-20/h4-18,23-24,27H,19H2,1-3,30H3/t23?,24-/m0/s1. The zero-order chi connectivity index (χ0) is 21.6. The highest BCUT2D eigenvalue weighted by atomic mass is 28.2. The number of hydrogen-bond donors (Lipinski definition) is 1. The lowest BCUT2D eigenvalue weighted by Crippen LogP contribution is -2.56. The Morgan fingerprint density at radius 2 is 1.20 bits per heavy atom. The van der Waals surface area contributed by atoms with E-state index in [2.05, 4.69) is 45.0 Å². The van der Waals surface area contributed by atoms with Crippen molar-refractivity contribution in [2.75, 3.05) is 0 Å². The molecule has 0 heterocycles. The fourth-order valence-corrected chi connectivity index (χ4v) is 4.86. The molecule has 0 aliphatic heterocycles. The zero-order valence-electron chi connectivity index (χ0n) is 18.3. The van der Waals surface area contributed by atoms with E-state index in [-0.39, 0.29) is 5.41 Å². The number of rotatable bonds is 8. The number of ether oxygens (including phenoxy) is 1. The molecule has 30 heavy (non-hydrogen) atoms. The lowest BCUT2D eigenvalue weighted by atomic mass is 9.56. The molecule has 0 bridgehead atoms. The fourth-order valence-electron chi connectivity index (χ4n) is 4.46. The van der Waals surface area contributed by atoms with E-state index in [0.29, 0.717) is 17.1 Å². The van der Waals surface area contributed by atoms with Gasteiger partial charge in [0.15, 0.2) is 6.29 Å².